The SMILES string of the molecule is C[C@H](NC(=O)CSc1nnc(-c2ccc3c(c2)OCO3)o1)c1cc2ccccc2o1. The summed E-state index contributed by atoms with van der Waals surface area (Å²) in [6.07, 6.45) is 0. The van der Waals surface area contributed by atoms with Crippen LogP contribution in [0.15, 0.2) is 62.6 Å². The van der Waals surface area contributed by atoms with E-state index in [-0.39, 0.29) is 24.5 Å². The molecule has 0 saturated heterocycles. The highest BCUT2D eigenvalue weighted by Gasteiger charge is 2.18. The molecule has 1 atom stereocenters. The smallest absolute Gasteiger partial charge is 0.277 e. The van der Waals surface area contributed by atoms with E-state index in [0.29, 0.717) is 28.4 Å². The van der Waals surface area contributed by atoms with E-state index in [9.17, 15) is 4.79 Å². The number of nitrogens with zero attached hydrogens (tertiary/aromatic N) is 2. The van der Waals surface area contributed by atoms with Crippen molar-refractivity contribution in [3.63, 3.8) is 0 Å². The molecule has 8 nitrogen and oxygen atoms in total. The molecule has 0 saturated carbocycles. The first-order valence-electron chi connectivity index (χ1n) is 9.30. The number of carbonyl (C=O) groups is 1. The van der Waals surface area contributed by atoms with Gasteiger partial charge in [-0.05, 0) is 37.3 Å². The van der Waals surface area contributed by atoms with Gasteiger partial charge in [0.1, 0.15) is 11.3 Å². The lowest BCUT2D eigenvalue weighted by Crippen LogP contribution is -2.27. The standard InChI is InChI=1S/C21H17N3O5S/c1-12(17-8-13-4-2-3-5-15(13)28-17)22-19(25)10-30-21-24-23-20(29-21)14-6-7-16-18(9-14)27-11-26-16/h2-9,12H,10-11H2,1H3,(H,22,25)/t12-/m0/s1. The van der Waals surface area contributed by atoms with Crippen LogP contribution in [0.1, 0.15) is 18.7 Å². The summed E-state index contributed by atoms with van der Waals surface area (Å²) >= 11 is 1.17. The number of thioether (sulfide) groups is 1. The Kier molecular flexibility index (Phi) is 4.80. The number of aromatic nitrogens is 2. The van der Waals surface area contributed by atoms with Crippen LogP contribution in [0.25, 0.3) is 22.4 Å². The monoisotopic (exact) mass is 423 g/mol. The third-order valence-corrected chi connectivity index (χ3v) is 5.42. The van der Waals surface area contributed by atoms with Crippen molar-refractivity contribution in [1.29, 1.82) is 0 Å². The van der Waals surface area contributed by atoms with Crippen molar-refractivity contribution in [2.24, 2.45) is 0 Å². The lowest BCUT2D eigenvalue weighted by Gasteiger charge is -2.10. The van der Waals surface area contributed by atoms with Crippen molar-refractivity contribution in [2.75, 3.05) is 12.5 Å². The zero-order chi connectivity index (χ0) is 20.5. The molecule has 0 radical (unpaired) electrons. The van der Waals surface area contributed by atoms with Crippen LogP contribution in [0.2, 0.25) is 0 Å². The molecule has 0 aliphatic carbocycles. The summed E-state index contributed by atoms with van der Waals surface area (Å²) in [6, 6.07) is 14.8. The Balaban J connectivity index is 1.18. The van der Waals surface area contributed by atoms with E-state index in [0.717, 1.165) is 16.5 Å². The Morgan fingerprint density at radius 3 is 2.87 bits per heavy atom. The average molecular weight is 423 g/mol. The third kappa shape index (κ3) is 3.71. The van der Waals surface area contributed by atoms with E-state index in [2.05, 4.69) is 15.5 Å². The van der Waals surface area contributed by atoms with Crippen LogP contribution < -0.4 is 14.8 Å². The van der Waals surface area contributed by atoms with E-state index < -0.39 is 0 Å². The highest BCUT2D eigenvalue weighted by Crippen LogP contribution is 2.36. The van der Waals surface area contributed by atoms with E-state index in [1.165, 1.54) is 11.8 Å². The minimum absolute atomic E-state index is 0.146. The number of para-hydroxylation sites is 1. The van der Waals surface area contributed by atoms with Gasteiger partial charge in [0.05, 0.1) is 11.8 Å². The maximum absolute atomic E-state index is 12.3. The Morgan fingerprint density at radius 2 is 1.97 bits per heavy atom. The van der Waals surface area contributed by atoms with Crippen molar-refractivity contribution < 1.29 is 23.1 Å². The number of fused-ring (bicyclic) bond motifs is 2. The molecular weight excluding hydrogens is 406 g/mol. The normalized spacial score (nSPS) is 13.5. The fourth-order valence-electron chi connectivity index (χ4n) is 3.11. The molecule has 0 spiro atoms. The Hall–Kier alpha value is -3.46. The summed E-state index contributed by atoms with van der Waals surface area (Å²) in [7, 11) is 0. The van der Waals surface area contributed by atoms with Gasteiger partial charge in [0.2, 0.25) is 18.6 Å². The molecule has 30 heavy (non-hydrogen) atoms. The second kappa shape index (κ2) is 7.75. The van der Waals surface area contributed by atoms with E-state index >= 15 is 0 Å². The number of rotatable bonds is 6. The number of benzene rings is 2. The fourth-order valence-corrected chi connectivity index (χ4v) is 3.69. The molecule has 2 aromatic heterocycles. The molecule has 0 unspecified atom stereocenters. The summed E-state index contributed by atoms with van der Waals surface area (Å²) in [4.78, 5) is 12.3. The fraction of sp³-hybridized carbons (Fsp3) is 0.190. The molecular formula is C21H17N3O5S. The number of hydrogen-bond acceptors (Lipinski definition) is 8. The highest BCUT2D eigenvalue weighted by atomic mass is 32.2. The third-order valence-electron chi connectivity index (χ3n) is 4.60. The molecule has 0 bridgehead atoms. The van der Waals surface area contributed by atoms with Gasteiger partial charge in [-0.1, -0.05) is 30.0 Å². The van der Waals surface area contributed by atoms with Crippen LogP contribution in [-0.2, 0) is 4.79 Å². The quantitative estimate of drug-likeness (QED) is 0.461. The first-order valence-corrected chi connectivity index (χ1v) is 10.3. The minimum atomic E-state index is -0.252. The minimum Gasteiger partial charge on any atom is -0.459 e. The van der Waals surface area contributed by atoms with Crippen molar-refractivity contribution in [1.82, 2.24) is 15.5 Å². The van der Waals surface area contributed by atoms with E-state index in [4.69, 9.17) is 18.3 Å². The predicted octanol–water partition coefficient (Wildman–Crippen LogP) is 4.18. The zero-order valence-corrected chi connectivity index (χ0v) is 16.8. The lowest BCUT2D eigenvalue weighted by atomic mass is 10.2. The number of ether oxygens (including phenoxy) is 2. The van der Waals surface area contributed by atoms with Gasteiger partial charge in [-0.2, -0.15) is 0 Å². The van der Waals surface area contributed by atoms with Gasteiger partial charge in [-0.25, -0.2) is 0 Å². The van der Waals surface area contributed by atoms with Gasteiger partial charge in [-0.3, -0.25) is 4.79 Å². The Labute approximate surface area is 175 Å². The molecule has 3 heterocycles. The highest BCUT2D eigenvalue weighted by molar-refractivity contribution is 7.99. The number of furan rings is 1. The summed E-state index contributed by atoms with van der Waals surface area (Å²) in [5.74, 6) is 2.37. The number of amides is 1. The first kappa shape index (κ1) is 18.6. The van der Waals surface area contributed by atoms with Crippen LogP contribution in [0, 0.1) is 0 Å². The summed E-state index contributed by atoms with van der Waals surface area (Å²) in [5, 5.41) is 12.3. The van der Waals surface area contributed by atoms with Crippen LogP contribution in [0.3, 0.4) is 0 Å². The van der Waals surface area contributed by atoms with Crippen molar-refractivity contribution in [2.45, 2.75) is 18.2 Å². The first-order chi connectivity index (χ1) is 14.7. The molecule has 2 aromatic carbocycles. The van der Waals surface area contributed by atoms with Gasteiger partial charge in [-0.15, -0.1) is 10.2 Å². The molecule has 0 fully saturated rings. The number of hydrogen-bond donors (Lipinski definition) is 1. The topological polar surface area (TPSA) is 99.6 Å². The zero-order valence-electron chi connectivity index (χ0n) is 16.0. The summed E-state index contributed by atoms with van der Waals surface area (Å²) in [6.45, 7) is 2.08. The van der Waals surface area contributed by atoms with Gasteiger partial charge >= 0.3 is 0 Å². The molecule has 1 amide bonds. The van der Waals surface area contributed by atoms with Crippen LogP contribution in [0.4, 0.5) is 0 Å². The average Bonchev–Trinajstić information content (AvgIpc) is 3.50. The van der Waals surface area contributed by atoms with Gasteiger partial charge in [0, 0.05) is 10.9 Å². The lowest BCUT2D eigenvalue weighted by molar-refractivity contribution is -0.119. The van der Waals surface area contributed by atoms with Crippen LogP contribution >= 0.6 is 11.8 Å². The Morgan fingerprint density at radius 1 is 1.10 bits per heavy atom. The molecule has 152 valence electrons. The second-order valence-electron chi connectivity index (χ2n) is 6.71. The van der Waals surface area contributed by atoms with Crippen molar-refractivity contribution in [3.8, 4) is 23.0 Å². The Bertz CT molecular complexity index is 1190. The van der Waals surface area contributed by atoms with Crippen LogP contribution in [0.5, 0.6) is 11.5 Å². The molecule has 1 aliphatic heterocycles. The maximum atomic E-state index is 12.3. The molecule has 1 N–H and O–H groups in total. The predicted molar refractivity (Wildman–Crippen MR) is 109 cm³/mol. The van der Waals surface area contributed by atoms with Gasteiger partial charge < -0.3 is 23.6 Å². The van der Waals surface area contributed by atoms with Gasteiger partial charge in [0.25, 0.3) is 5.22 Å². The van der Waals surface area contributed by atoms with Crippen molar-refractivity contribution >= 4 is 28.6 Å². The van der Waals surface area contributed by atoms with Crippen molar-refractivity contribution in [3.05, 3.63) is 54.3 Å². The van der Waals surface area contributed by atoms with Crippen LogP contribution in [-0.4, -0.2) is 28.7 Å². The summed E-state index contributed by atoms with van der Waals surface area (Å²) in [5.41, 5.74) is 1.52. The number of carbonyl (C=O) groups excluding carboxylic acids is 1. The van der Waals surface area contributed by atoms with E-state index in [1.807, 2.05) is 43.3 Å². The molecule has 9 heteroatoms. The molecule has 1 aliphatic rings. The largest absolute Gasteiger partial charge is 0.459 e. The molecule has 4 aromatic rings. The maximum Gasteiger partial charge on any atom is 0.277 e. The summed E-state index contributed by atoms with van der Waals surface area (Å²) < 4.78 is 22.1. The second-order valence-corrected chi connectivity index (χ2v) is 7.63. The van der Waals surface area contributed by atoms with E-state index in [1.54, 1.807) is 12.1 Å². The molecule has 5 rings (SSSR count). The van der Waals surface area contributed by atoms with Gasteiger partial charge in [0.15, 0.2) is 11.5 Å². The number of nitrogens with one attached hydrogen (secondary N) is 1.